The number of hydrogen-bond donors (Lipinski definition) is 1. The number of likely N-dealkylation sites (N-methyl/N-ethyl adjacent to an activating group) is 1. The number of nitrogens with one attached hydrogen (secondary N) is 1. The van der Waals surface area contributed by atoms with Crippen LogP contribution < -0.4 is 10.2 Å². The highest BCUT2D eigenvalue weighted by Gasteiger charge is 2.27. The van der Waals surface area contributed by atoms with E-state index >= 15 is 0 Å². The van der Waals surface area contributed by atoms with Crippen LogP contribution in [0, 0.1) is 0 Å². The molecule has 3 atom stereocenters. The lowest BCUT2D eigenvalue weighted by Crippen LogP contribution is -2.47. The van der Waals surface area contributed by atoms with Crippen molar-refractivity contribution in [2.45, 2.75) is 315 Å². The molecule has 9 nitrogen and oxygen atoms in total. The summed E-state index contributed by atoms with van der Waals surface area (Å²) in [4.78, 5) is 40.1. The molecular formula is C71H129N2O7P. The Bertz CT molecular complexity index is 1660. The third-order valence-corrected chi connectivity index (χ3v) is 15.8. The smallest absolute Gasteiger partial charge is 0.306 e. The fourth-order valence-electron chi connectivity index (χ4n) is 9.55. The molecule has 0 radical (unpaired) electrons. The summed E-state index contributed by atoms with van der Waals surface area (Å²) in [5.74, 6) is -0.601. The second-order valence-electron chi connectivity index (χ2n) is 24.0. The van der Waals surface area contributed by atoms with E-state index in [0.29, 0.717) is 17.4 Å². The quantitative estimate of drug-likeness (QED) is 0.0212. The van der Waals surface area contributed by atoms with Crippen molar-refractivity contribution >= 4 is 19.7 Å². The molecule has 470 valence electrons. The molecule has 1 amide bonds. The number of amides is 1. The number of allylic oxidation sites excluding steroid dienone is 13. The van der Waals surface area contributed by atoms with Crippen LogP contribution in [0.5, 0.6) is 0 Å². The third kappa shape index (κ3) is 61.6. The number of nitrogens with zero attached hydrogens (tertiary/aromatic N) is 1. The lowest BCUT2D eigenvalue weighted by atomic mass is 10.0. The normalized spacial score (nSPS) is 14.1. The molecule has 0 aliphatic carbocycles. The summed E-state index contributed by atoms with van der Waals surface area (Å²) in [6.07, 6.45) is 80.0. The van der Waals surface area contributed by atoms with Gasteiger partial charge in [0.2, 0.25) is 5.91 Å². The predicted molar refractivity (Wildman–Crippen MR) is 348 cm³/mol. The van der Waals surface area contributed by atoms with Crippen LogP contribution in [0.25, 0.3) is 0 Å². The van der Waals surface area contributed by atoms with Crippen LogP contribution in [0.15, 0.2) is 85.1 Å². The molecule has 0 saturated heterocycles. The van der Waals surface area contributed by atoms with Crippen molar-refractivity contribution < 1.29 is 37.3 Å². The molecular weight excluding hydrogens is 1020 g/mol. The third-order valence-electron chi connectivity index (χ3n) is 14.8. The van der Waals surface area contributed by atoms with Gasteiger partial charge in [-0.25, -0.2) is 0 Å². The highest BCUT2D eigenvalue weighted by atomic mass is 31.2. The molecule has 0 aromatic heterocycles. The average molecular weight is 1150 g/mol. The minimum atomic E-state index is -4.72. The maximum absolute atomic E-state index is 13.5. The van der Waals surface area contributed by atoms with Crippen LogP contribution in [0.2, 0.25) is 0 Å². The molecule has 0 heterocycles. The number of carbonyl (C=O) groups excluding carboxylic acids is 2. The maximum Gasteiger partial charge on any atom is 0.306 e. The van der Waals surface area contributed by atoms with Gasteiger partial charge in [0.25, 0.3) is 7.82 Å². The van der Waals surface area contributed by atoms with Gasteiger partial charge < -0.3 is 28.5 Å². The summed E-state index contributed by atoms with van der Waals surface area (Å²) < 4.78 is 30.4. The standard InChI is InChI=1S/C71H129N2O7P/c1-7-10-13-16-19-22-25-28-30-32-33-34-35-36-37-38-39-41-43-46-49-52-55-58-61-64-71(75)80-69(62-59-56-53-50-47-44-27-24-21-18-15-12-9-3)68(67-79-81(76,77)78-66-65-73(4,5)6)72-70(74)63-60-57-54-51-48-45-42-40-31-29-26-23-20-17-14-11-8-2/h19-20,22-23,28-31,42,45,51,54,59,62,68-69H,7-18,21,24-27,32-41,43-44,46-50,52-53,55-58,60-61,63-67H2,1-6H3,(H-,72,74,76,77)/b22-19-,23-20-,30-28-,31-29-,45-42-,54-51-,62-59-. The summed E-state index contributed by atoms with van der Waals surface area (Å²) in [5.41, 5.74) is 0. The predicted octanol–water partition coefficient (Wildman–Crippen LogP) is 20.7. The molecule has 0 fully saturated rings. The number of rotatable bonds is 61. The van der Waals surface area contributed by atoms with Crippen LogP contribution in [-0.4, -0.2) is 69.4 Å². The zero-order valence-electron chi connectivity index (χ0n) is 53.7. The Morgan fingerprint density at radius 3 is 1.17 bits per heavy atom. The molecule has 0 spiro atoms. The summed E-state index contributed by atoms with van der Waals surface area (Å²) in [6, 6.07) is -0.920. The van der Waals surface area contributed by atoms with Gasteiger partial charge >= 0.3 is 5.97 Å². The van der Waals surface area contributed by atoms with Crippen LogP contribution in [0.4, 0.5) is 0 Å². The number of ether oxygens (including phenoxy) is 1. The Hall–Kier alpha value is -2.81. The molecule has 10 heteroatoms. The molecule has 0 aliphatic heterocycles. The highest BCUT2D eigenvalue weighted by Crippen LogP contribution is 2.38. The molecule has 3 unspecified atom stereocenters. The SMILES string of the molecule is CCCCC/C=C\C/C=C\C/C=C\C/C=C\CCCC(=O)NC(COP(=O)([O-])OCC[N+](C)(C)C)C(/C=C\CCCCCCCCCCCCC)OC(=O)CCCCCCCCCCCCCCCCC/C=C\C/C=C\CCCCC. The first-order valence-corrected chi connectivity index (χ1v) is 35.4. The molecule has 1 N–H and O–H groups in total. The summed E-state index contributed by atoms with van der Waals surface area (Å²) in [5, 5.41) is 3.00. The average Bonchev–Trinajstić information content (AvgIpc) is 3.44. The van der Waals surface area contributed by atoms with E-state index in [1.54, 1.807) is 0 Å². The number of phosphoric ester groups is 1. The minimum Gasteiger partial charge on any atom is -0.756 e. The summed E-state index contributed by atoms with van der Waals surface area (Å²) >= 11 is 0. The van der Waals surface area contributed by atoms with Crippen LogP contribution >= 0.6 is 7.82 Å². The van der Waals surface area contributed by atoms with Gasteiger partial charge in [-0.3, -0.25) is 14.2 Å². The second-order valence-corrected chi connectivity index (χ2v) is 25.4. The maximum atomic E-state index is 13.5. The molecule has 0 aromatic carbocycles. The summed E-state index contributed by atoms with van der Waals surface area (Å²) in [7, 11) is 1.15. The Kier molecular flexibility index (Phi) is 58.2. The van der Waals surface area contributed by atoms with Gasteiger partial charge in [-0.05, 0) is 102 Å². The number of carbonyl (C=O) groups is 2. The van der Waals surface area contributed by atoms with Crippen molar-refractivity contribution in [2.24, 2.45) is 0 Å². The van der Waals surface area contributed by atoms with E-state index in [0.717, 1.165) is 70.6 Å². The van der Waals surface area contributed by atoms with E-state index in [-0.39, 0.29) is 31.3 Å². The number of phosphoric acid groups is 1. The monoisotopic (exact) mass is 1150 g/mol. The van der Waals surface area contributed by atoms with Gasteiger partial charge in [-0.1, -0.05) is 273 Å². The molecule has 81 heavy (non-hydrogen) atoms. The van der Waals surface area contributed by atoms with Crippen molar-refractivity contribution in [3.05, 3.63) is 85.1 Å². The van der Waals surface area contributed by atoms with Crippen molar-refractivity contribution in [1.29, 1.82) is 0 Å². The lowest BCUT2D eigenvalue weighted by Gasteiger charge is -2.30. The fourth-order valence-corrected chi connectivity index (χ4v) is 10.3. The lowest BCUT2D eigenvalue weighted by molar-refractivity contribution is -0.870. The largest absolute Gasteiger partial charge is 0.756 e. The topological polar surface area (TPSA) is 114 Å². The molecule has 0 saturated carbocycles. The van der Waals surface area contributed by atoms with Crippen LogP contribution in [-0.2, 0) is 27.9 Å². The highest BCUT2D eigenvalue weighted by molar-refractivity contribution is 7.45. The fraction of sp³-hybridized carbons (Fsp3) is 0.775. The Balaban J connectivity index is 5.18. The Labute approximate surface area is 501 Å². The van der Waals surface area contributed by atoms with E-state index in [9.17, 15) is 19.0 Å². The van der Waals surface area contributed by atoms with Gasteiger partial charge in [-0.15, -0.1) is 0 Å². The van der Waals surface area contributed by atoms with Crippen molar-refractivity contribution in [2.75, 3.05) is 40.9 Å². The van der Waals surface area contributed by atoms with E-state index in [4.69, 9.17) is 13.8 Å². The first-order chi connectivity index (χ1) is 39.4. The van der Waals surface area contributed by atoms with Gasteiger partial charge in [0.15, 0.2) is 0 Å². The Morgan fingerprint density at radius 2 is 0.765 bits per heavy atom. The second kappa shape index (κ2) is 60.3. The van der Waals surface area contributed by atoms with Crippen molar-refractivity contribution in [3.63, 3.8) is 0 Å². The van der Waals surface area contributed by atoms with E-state index in [2.05, 4.69) is 99.0 Å². The number of esters is 1. The van der Waals surface area contributed by atoms with E-state index < -0.39 is 26.6 Å². The summed E-state index contributed by atoms with van der Waals surface area (Å²) in [6.45, 7) is 6.77. The molecule has 0 aromatic rings. The van der Waals surface area contributed by atoms with Gasteiger partial charge in [0.05, 0.1) is 33.8 Å². The van der Waals surface area contributed by atoms with Gasteiger partial charge in [0.1, 0.15) is 19.3 Å². The first-order valence-electron chi connectivity index (χ1n) is 33.9. The molecule has 0 bridgehead atoms. The van der Waals surface area contributed by atoms with Crippen LogP contribution in [0.3, 0.4) is 0 Å². The first kappa shape index (κ1) is 78.2. The van der Waals surface area contributed by atoms with Crippen LogP contribution in [0.1, 0.15) is 303 Å². The zero-order chi connectivity index (χ0) is 59.3. The van der Waals surface area contributed by atoms with Gasteiger partial charge in [0, 0.05) is 12.8 Å². The zero-order valence-corrected chi connectivity index (χ0v) is 54.6. The molecule has 0 aliphatic rings. The van der Waals surface area contributed by atoms with Crippen molar-refractivity contribution in [3.8, 4) is 0 Å². The number of hydrogen-bond acceptors (Lipinski definition) is 7. The van der Waals surface area contributed by atoms with Crippen molar-refractivity contribution in [1.82, 2.24) is 5.32 Å². The molecule has 0 rings (SSSR count). The number of quaternary nitrogens is 1. The minimum absolute atomic E-state index is 0.0345. The number of unbranched alkanes of at least 4 members (excludes halogenated alkanes) is 33. The van der Waals surface area contributed by atoms with E-state index in [1.807, 2.05) is 33.3 Å². The van der Waals surface area contributed by atoms with E-state index in [1.165, 1.54) is 193 Å². The Morgan fingerprint density at radius 1 is 0.432 bits per heavy atom. The van der Waals surface area contributed by atoms with Gasteiger partial charge in [-0.2, -0.15) is 0 Å².